The van der Waals surface area contributed by atoms with Gasteiger partial charge in [0.2, 0.25) is 0 Å². The van der Waals surface area contributed by atoms with E-state index in [4.69, 9.17) is 4.42 Å². The van der Waals surface area contributed by atoms with Crippen LogP contribution in [0.5, 0.6) is 0 Å². The summed E-state index contributed by atoms with van der Waals surface area (Å²) in [4.78, 5) is 25.7. The molecule has 4 aromatic rings. The Balaban J connectivity index is 1.44. The van der Waals surface area contributed by atoms with Crippen molar-refractivity contribution < 1.29 is 9.21 Å². The van der Waals surface area contributed by atoms with Crippen molar-refractivity contribution in [1.29, 1.82) is 0 Å². The molecule has 4 rings (SSSR count). The van der Waals surface area contributed by atoms with Crippen molar-refractivity contribution in [3.05, 3.63) is 106 Å². The predicted octanol–water partition coefficient (Wildman–Crippen LogP) is 4.26. The van der Waals surface area contributed by atoms with Gasteiger partial charge < -0.3 is 9.73 Å². The topological polar surface area (TPSA) is 77.1 Å². The highest BCUT2D eigenvalue weighted by Gasteiger charge is 2.09. The molecule has 1 amide bonds. The van der Waals surface area contributed by atoms with E-state index in [0.717, 1.165) is 10.7 Å². The summed E-state index contributed by atoms with van der Waals surface area (Å²) < 4.78 is 6.60. The van der Waals surface area contributed by atoms with Crippen molar-refractivity contribution in [2.24, 2.45) is 0 Å². The van der Waals surface area contributed by atoms with Gasteiger partial charge in [0.25, 0.3) is 11.5 Å². The summed E-state index contributed by atoms with van der Waals surface area (Å²) in [6.07, 6.45) is 2.24. The summed E-state index contributed by atoms with van der Waals surface area (Å²) in [6.45, 7) is 2.52. The highest BCUT2D eigenvalue weighted by molar-refractivity contribution is 7.99. The molecule has 2 aromatic carbocycles. The quantitative estimate of drug-likeness (QED) is 0.473. The van der Waals surface area contributed by atoms with Crippen molar-refractivity contribution in [1.82, 2.24) is 15.1 Å². The predicted molar refractivity (Wildman–Crippen MR) is 120 cm³/mol. The van der Waals surface area contributed by atoms with Crippen molar-refractivity contribution in [3.8, 4) is 5.69 Å². The first-order valence-electron chi connectivity index (χ1n) is 9.84. The molecule has 0 saturated carbocycles. The third-order valence-corrected chi connectivity index (χ3v) is 5.57. The fourth-order valence-corrected chi connectivity index (χ4v) is 3.74. The van der Waals surface area contributed by atoms with Crippen LogP contribution in [0.15, 0.2) is 98.2 Å². The van der Waals surface area contributed by atoms with E-state index in [1.807, 2.05) is 43.3 Å². The third-order valence-electron chi connectivity index (χ3n) is 4.63. The van der Waals surface area contributed by atoms with Crippen LogP contribution in [0, 0.1) is 6.92 Å². The Labute approximate surface area is 183 Å². The van der Waals surface area contributed by atoms with Gasteiger partial charge in [-0.05, 0) is 61.5 Å². The molecule has 6 nitrogen and oxygen atoms in total. The highest BCUT2D eigenvalue weighted by atomic mass is 32.2. The number of nitrogens with zero attached hydrogens (tertiary/aromatic N) is 2. The molecule has 156 valence electrons. The van der Waals surface area contributed by atoms with Crippen LogP contribution in [-0.4, -0.2) is 22.2 Å². The Morgan fingerprint density at radius 3 is 2.52 bits per heavy atom. The number of nitrogens with one attached hydrogen (secondary N) is 1. The molecule has 0 radical (unpaired) electrons. The van der Waals surface area contributed by atoms with Crippen LogP contribution in [-0.2, 0) is 6.42 Å². The fourth-order valence-electron chi connectivity index (χ4n) is 2.97. The van der Waals surface area contributed by atoms with Crippen LogP contribution >= 0.6 is 11.8 Å². The Kier molecular flexibility index (Phi) is 6.33. The van der Waals surface area contributed by atoms with Gasteiger partial charge in [-0.25, -0.2) is 0 Å². The highest BCUT2D eigenvalue weighted by Crippen LogP contribution is 2.25. The second kappa shape index (κ2) is 9.49. The number of aromatic nitrogens is 2. The number of carbonyl (C=O) groups excluding carboxylic acids is 1. The number of aryl methyl sites for hydroxylation is 1. The molecule has 0 aliphatic heterocycles. The molecule has 0 unspecified atom stereocenters. The molecule has 2 aromatic heterocycles. The minimum atomic E-state index is -0.232. The molecule has 0 aliphatic rings. The first-order valence-corrected chi connectivity index (χ1v) is 10.7. The van der Waals surface area contributed by atoms with Gasteiger partial charge in [0.1, 0.15) is 10.8 Å². The van der Waals surface area contributed by atoms with Crippen molar-refractivity contribution in [2.75, 3.05) is 6.54 Å². The van der Waals surface area contributed by atoms with E-state index in [9.17, 15) is 9.59 Å². The molecule has 31 heavy (non-hydrogen) atoms. The molecule has 0 bridgehead atoms. The Morgan fingerprint density at radius 1 is 1.03 bits per heavy atom. The minimum Gasteiger partial charge on any atom is -0.469 e. The lowest BCUT2D eigenvalue weighted by Gasteiger charge is -2.08. The van der Waals surface area contributed by atoms with Gasteiger partial charge >= 0.3 is 0 Å². The summed E-state index contributed by atoms with van der Waals surface area (Å²) in [7, 11) is 0. The van der Waals surface area contributed by atoms with Crippen LogP contribution in [0.3, 0.4) is 0 Å². The Bertz CT molecular complexity index is 1210. The monoisotopic (exact) mass is 431 g/mol. The number of amides is 1. The van der Waals surface area contributed by atoms with Crippen molar-refractivity contribution in [2.45, 2.75) is 23.3 Å². The summed E-state index contributed by atoms with van der Waals surface area (Å²) >= 11 is 1.49. The van der Waals surface area contributed by atoms with Gasteiger partial charge in [0.05, 0.1) is 12.0 Å². The van der Waals surface area contributed by atoms with E-state index in [-0.39, 0.29) is 11.5 Å². The lowest BCUT2D eigenvalue weighted by atomic mass is 10.2. The first kappa shape index (κ1) is 20.7. The SMILES string of the molecule is Cc1ccc(Sc2ccc(=O)n(-c3ccc(C(=O)NCCc4ccco4)cc3)n2)cc1. The van der Waals surface area contributed by atoms with E-state index in [1.165, 1.54) is 28.1 Å². The van der Waals surface area contributed by atoms with Gasteiger partial charge in [-0.1, -0.05) is 29.5 Å². The maximum atomic E-state index is 12.3. The van der Waals surface area contributed by atoms with Gasteiger partial charge in [-0.2, -0.15) is 9.78 Å². The normalized spacial score (nSPS) is 10.7. The maximum absolute atomic E-state index is 12.3. The van der Waals surface area contributed by atoms with Crippen LogP contribution in [0.2, 0.25) is 0 Å². The zero-order valence-electron chi connectivity index (χ0n) is 16.9. The second-order valence-corrected chi connectivity index (χ2v) is 8.06. The molecule has 0 saturated heterocycles. The average molecular weight is 432 g/mol. The molecular weight excluding hydrogens is 410 g/mol. The number of rotatable bonds is 7. The number of furan rings is 1. The number of hydrogen-bond donors (Lipinski definition) is 1. The van der Waals surface area contributed by atoms with Crippen LogP contribution in [0.1, 0.15) is 21.7 Å². The number of hydrogen-bond acceptors (Lipinski definition) is 5. The fraction of sp³-hybridized carbons (Fsp3) is 0.125. The standard InChI is InChI=1S/C24H21N3O3S/c1-17-4-10-21(11-5-17)31-22-12-13-23(28)27(26-22)19-8-6-18(7-9-19)24(29)25-15-14-20-3-2-16-30-20/h2-13,16H,14-15H2,1H3,(H,25,29). The Morgan fingerprint density at radius 2 is 1.81 bits per heavy atom. The largest absolute Gasteiger partial charge is 0.469 e. The molecule has 0 atom stereocenters. The van der Waals surface area contributed by atoms with E-state index in [2.05, 4.69) is 10.4 Å². The smallest absolute Gasteiger partial charge is 0.271 e. The van der Waals surface area contributed by atoms with Crippen LogP contribution in [0.25, 0.3) is 5.69 Å². The first-order chi connectivity index (χ1) is 15.1. The van der Waals surface area contributed by atoms with E-state index in [0.29, 0.717) is 29.2 Å². The zero-order valence-corrected chi connectivity index (χ0v) is 17.8. The lowest BCUT2D eigenvalue weighted by Crippen LogP contribution is -2.25. The average Bonchev–Trinajstić information content (AvgIpc) is 3.30. The lowest BCUT2D eigenvalue weighted by molar-refractivity contribution is 0.0953. The van der Waals surface area contributed by atoms with Gasteiger partial charge in [-0.3, -0.25) is 9.59 Å². The summed E-state index contributed by atoms with van der Waals surface area (Å²) in [5.41, 5.74) is 2.07. The number of benzene rings is 2. The van der Waals surface area contributed by atoms with Gasteiger partial charge in [0, 0.05) is 29.5 Å². The van der Waals surface area contributed by atoms with E-state index in [1.54, 1.807) is 36.6 Å². The van der Waals surface area contributed by atoms with Crippen LogP contribution < -0.4 is 10.9 Å². The Hall–Kier alpha value is -3.58. The minimum absolute atomic E-state index is 0.179. The second-order valence-electron chi connectivity index (χ2n) is 6.97. The maximum Gasteiger partial charge on any atom is 0.271 e. The van der Waals surface area contributed by atoms with Crippen molar-refractivity contribution >= 4 is 17.7 Å². The summed E-state index contributed by atoms with van der Waals surface area (Å²) in [5, 5.41) is 8.04. The molecule has 7 heteroatoms. The molecule has 2 heterocycles. The van der Waals surface area contributed by atoms with E-state index >= 15 is 0 Å². The van der Waals surface area contributed by atoms with Gasteiger partial charge in [-0.15, -0.1) is 0 Å². The van der Waals surface area contributed by atoms with E-state index < -0.39 is 0 Å². The molecule has 1 N–H and O–H groups in total. The molecule has 0 fully saturated rings. The number of carbonyl (C=O) groups is 1. The zero-order chi connectivity index (χ0) is 21.6. The van der Waals surface area contributed by atoms with Crippen LogP contribution in [0.4, 0.5) is 0 Å². The molecule has 0 aliphatic carbocycles. The third kappa shape index (κ3) is 5.32. The molecular formula is C24H21N3O3S. The summed E-state index contributed by atoms with van der Waals surface area (Å²) in [6, 6.07) is 21.8. The summed E-state index contributed by atoms with van der Waals surface area (Å²) in [5.74, 6) is 0.645. The van der Waals surface area contributed by atoms with Gasteiger partial charge in [0.15, 0.2) is 0 Å². The molecule has 0 spiro atoms. The van der Waals surface area contributed by atoms with Crippen molar-refractivity contribution in [3.63, 3.8) is 0 Å².